The van der Waals surface area contributed by atoms with Crippen LogP contribution < -0.4 is 4.48 Å². The molecule has 0 aliphatic carbocycles. The van der Waals surface area contributed by atoms with Gasteiger partial charge in [0.1, 0.15) is 12.1 Å². The van der Waals surface area contributed by atoms with Gasteiger partial charge in [0.25, 0.3) is 0 Å². The van der Waals surface area contributed by atoms with Crippen LogP contribution in [0.25, 0.3) is 0 Å². The Morgan fingerprint density at radius 3 is 2.48 bits per heavy atom. The minimum absolute atomic E-state index is 0.0812. The highest BCUT2D eigenvalue weighted by Crippen LogP contribution is 2.38. The Hall–Kier alpha value is -1.95. The Labute approximate surface area is 124 Å². The lowest BCUT2D eigenvalue weighted by atomic mass is 10.0. The third-order valence-electron chi connectivity index (χ3n) is 4.24. The molecule has 0 radical (unpaired) electrons. The van der Waals surface area contributed by atoms with Crippen molar-refractivity contribution in [3.8, 4) is 0 Å². The molecular formula is C15H22N3O3+. The van der Waals surface area contributed by atoms with Crippen molar-refractivity contribution < 1.29 is 14.7 Å². The van der Waals surface area contributed by atoms with Gasteiger partial charge in [-0.25, -0.2) is 14.6 Å². The smallest absolute Gasteiger partial charge is 0.426 e. The van der Waals surface area contributed by atoms with Crippen LogP contribution >= 0.6 is 0 Å². The van der Waals surface area contributed by atoms with Crippen molar-refractivity contribution in [1.82, 2.24) is 14.4 Å². The van der Waals surface area contributed by atoms with Gasteiger partial charge >= 0.3 is 12.0 Å². The van der Waals surface area contributed by atoms with E-state index < -0.39 is 17.6 Å². The van der Waals surface area contributed by atoms with Crippen molar-refractivity contribution in [2.24, 2.45) is 0 Å². The molecule has 21 heavy (non-hydrogen) atoms. The molecule has 2 atom stereocenters. The SMILES string of the molecule is Cc1cccc([N+]2(C(C)(C)C)CC(C(=O)O)N(C)C2=O)n1. The second kappa shape index (κ2) is 4.80. The molecule has 2 unspecified atom stereocenters. The number of aliphatic carboxylic acids is 1. The summed E-state index contributed by atoms with van der Waals surface area (Å²) in [5, 5.41) is 9.38. The third kappa shape index (κ3) is 2.19. The maximum atomic E-state index is 12.9. The minimum atomic E-state index is -0.984. The van der Waals surface area contributed by atoms with Crippen LogP contribution in [0.15, 0.2) is 18.2 Å². The predicted octanol–water partition coefficient (Wildman–Crippen LogP) is 2.01. The molecule has 2 heterocycles. The summed E-state index contributed by atoms with van der Waals surface area (Å²) in [7, 11) is 1.54. The number of carboxylic acids is 1. The van der Waals surface area contributed by atoms with E-state index in [1.165, 1.54) is 4.90 Å². The van der Waals surface area contributed by atoms with E-state index in [2.05, 4.69) is 4.98 Å². The monoisotopic (exact) mass is 292 g/mol. The number of aromatic nitrogens is 1. The maximum absolute atomic E-state index is 12.9. The second-order valence-corrected chi connectivity index (χ2v) is 6.55. The van der Waals surface area contributed by atoms with E-state index in [-0.39, 0.29) is 17.1 Å². The van der Waals surface area contributed by atoms with Gasteiger partial charge in [0.2, 0.25) is 5.82 Å². The Morgan fingerprint density at radius 1 is 1.43 bits per heavy atom. The molecule has 0 aromatic carbocycles. The highest BCUT2D eigenvalue weighted by atomic mass is 16.4. The van der Waals surface area contributed by atoms with Gasteiger partial charge in [-0.3, -0.25) is 4.90 Å². The van der Waals surface area contributed by atoms with Crippen molar-refractivity contribution in [2.75, 3.05) is 13.6 Å². The first-order chi connectivity index (χ1) is 9.61. The molecule has 1 aliphatic heterocycles. The molecule has 1 aromatic heterocycles. The molecule has 1 N–H and O–H groups in total. The third-order valence-corrected chi connectivity index (χ3v) is 4.24. The fraction of sp³-hybridized carbons (Fsp3) is 0.533. The summed E-state index contributed by atoms with van der Waals surface area (Å²) >= 11 is 0. The number of hydrogen-bond acceptors (Lipinski definition) is 3. The Kier molecular flexibility index (Phi) is 3.53. The van der Waals surface area contributed by atoms with Crippen LogP contribution in [0.2, 0.25) is 0 Å². The summed E-state index contributed by atoms with van der Waals surface area (Å²) in [5.41, 5.74) is 0.319. The average molecular weight is 292 g/mol. The van der Waals surface area contributed by atoms with Gasteiger partial charge in [-0.2, -0.15) is 4.48 Å². The van der Waals surface area contributed by atoms with Crippen molar-refractivity contribution in [2.45, 2.75) is 39.3 Å². The predicted molar refractivity (Wildman–Crippen MR) is 80.0 cm³/mol. The normalized spacial score (nSPS) is 26.2. The summed E-state index contributed by atoms with van der Waals surface area (Å²) in [5.74, 6) is -0.383. The largest absolute Gasteiger partial charge is 0.480 e. The van der Waals surface area contributed by atoms with Crippen molar-refractivity contribution in [3.63, 3.8) is 0 Å². The lowest BCUT2D eigenvalue weighted by Gasteiger charge is -2.40. The summed E-state index contributed by atoms with van der Waals surface area (Å²) < 4.78 is -0.0812. The molecule has 6 heteroatoms. The Balaban J connectivity index is 2.66. The van der Waals surface area contributed by atoms with E-state index in [1.807, 2.05) is 39.8 Å². The number of urea groups is 1. The molecule has 6 nitrogen and oxygen atoms in total. The van der Waals surface area contributed by atoms with Gasteiger partial charge in [0.05, 0.1) is 0 Å². The molecule has 1 aromatic rings. The van der Waals surface area contributed by atoms with Crippen molar-refractivity contribution in [1.29, 1.82) is 0 Å². The lowest BCUT2D eigenvalue weighted by molar-refractivity contribution is -0.140. The van der Waals surface area contributed by atoms with Crippen LogP contribution in [0.3, 0.4) is 0 Å². The molecule has 0 bridgehead atoms. The Bertz CT molecular complexity index is 594. The second-order valence-electron chi connectivity index (χ2n) is 6.55. The van der Waals surface area contributed by atoms with E-state index in [0.717, 1.165) is 5.69 Å². The number of amides is 2. The number of carbonyl (C=O) groups is 2. The highest BCUT2D eigenvalue weighted by molar-refractivity contribution is 5.95. The lowest BCUT2D eigenvalue weighted by Crippen LogP contribution is -2.64. The van der Waals surface area contributed by atoms with Crippen LogP contribution in [-0.2, 0) is 4.79 Å². The van der Waals surface area contributed by atoms with Crippen molar-refractivity contribution in [3.05, 3.63) is 23.9 Å². The zero-order valence-corrected chi connectivity index (χ0v) is 13.1. The van der Waals surface area contributed by atoms with Gasteiger partial charge < -0.3 is 5.11 Å². The number of aryl methyl sites for hydroxylation is 1. The zero-order chi connectivity index (χ0) is 16.0. The highest BCUT2D eigenvalue weighted by Gasteiger charge is 2.61. The quantitative estimate of drug-likeness (QED) is 0.847. The minimum Gasteiger partial charge on any atom is -0.480 e. The summed E-state index contributed by atoms with van der Waals surface area (Å²) in [6.45, 7) is 7.86. The molecule has 0 spiro atoms. The molecule has 2 amide bonds. The number of nitrogens with zero attached hydrogens (tertiary/aromatic N) is 3. The molecule has 2 rings (SSSR count). The van der Waals surface area contributed by atoms with E-state index >= 15 is 0 Å². The molecule has 114 valence electrons. The molecule has 1 aliphatic rings. The van der Waals surface area contributed by atoms with Gasteiger partial charge in [-0.15, -0.1) is 0 Å². The number of carboxylic acid groups (broad SMARTS) is 1. The van der Waals surface area contributed by atoms with Crippen LogP contribution in [0.4, 0.5) is 10.6 Å². The topological polar surface area (TPSA) is 70.5 Å². The fourth-order valence-electron chi connectivity index (χ4n) is 2.94. The van der Waals surface area contributed by atoms with Gasteiger partial charge in [-0.1, -0.05) is 6.07 Å². The number of quaternary nitrogens is 1. The van der Waals surface area contributed by atoms with Gasteiger partial charge in [-0.05, 0) is 33.8 Å². The van der Waals surface area contributed by atoms with Crippen LogP contribution in [0.1, 0.15) is 26.5 Å². The molecular weight excluding hydrogens is 270 g/mol. The first kappa shape index (κ1) is 15.4. The number of pyridine rings is 1. The van der Waals surface area contributed by atoms with Crippen LogP contribution in [0, 0.1) is 6.92 Å². The van der Waals surface area contributed by atoms with Crippen LogP contribution in [-0.4, -0.2) is 52.2 Å². The van der Waals surface area contributed by atoms with Gasteiger partial charge in [0.15, 0.2) is 6.04 Å². The molecule has 0 saturated carbocycles. The summed E-state index contributed by atoms with van der Waals surface area (Å²) in [4.78, 5) is 30.2. The van der Waals surface area contributed by atoms with E-state index in [0.29, 0.717) is 5.82 Å². The van der Waals surface area contributed by atoms with Crippen LogP contribution in [0.5, 0.6) is 0 Å². The van der Waals surface area contributed by atoms with Crippen molar-refractivity contribution >= 4 is 17.8 Å². The molecule has 1 saturated heterocycles. The summed E-state index contributed by atoms with van der Waals surface area (Å²) in [6, 6.07) is 4.45. The average Bonchev–Trinajstić information content (AvgIpc) is 2.63. The number of likely N-dealkylation sites (N-methyl/N-ethyl adjacent to an activating group) is 1. The number of carbonyl (C=O) groups excluding carboxylic acids is 1. The summed E-state index contributed by atoms with van der Waals surface area (Å²) in [6.07, 6.45) is 0. The first-order valence-corrected chi connectivity index (χ1v) is 6.94. The molecule has 1 fully saturated rings. The fourth-order valence-corrected chi connectivity index (χ4v) is 2.94. The van der Waals surface area contributed by atoms with Gasteiger partial charge in [0, 0.05) is 18.8 Å². The standard InChI is InChI=1S/C15H21N3O3/c1-10-7-6-8-12(16-10)18(15(2,3)4)9-11(13(19)20)17(5)14(18)21/h6-8,11H,9H2,1-5H3/p+1. The number of rotatable bonds is 2. The van der Waals surface area contributed by atoms with E-state index in [1.54, 1.807) is 13.1 Å². The van der Waals surface area contributed by atoms with E-state index in [4.69, 9.17) is 0 Å². The first-order valence-electron chi connectivity index (χ1n) is 6.94. The maximum Gasteiger partial charge on any atom is 0.426 e. The zero-order valence-electron chi connectivity index (χ0n) is 13.1. The Morgan fingerprint density at radius 2 is 2.05 bits per heavy atom. The van der Waals surface area contributed by atoms with E-state index in [9.17, 15) is 14.7 Å². The number of hydrogen-bond donors (Lipinski definition) is 1.